The zero-order chi connectivity index (χ0) is 16.6. The molecule has 1 aromatic rings. The first-order valence-corrected chi connectivity index (χ1v) is 8.09. The molecule has 0 atom stereocenters. The molecule has 0 fully saturated rings. The number of carbonyl (C=O) groups is 2. The van der Waals surface area contributed by atoms with Crippen LogP contribution in [0.1, 0.15) is 12.8 Å². The summed E-state index contributed by atoms with van der Waals surface area (Å²) in [6, 6.07) is 7.97. The molecule has 0 aliphatic heterocycles. The summed E-state index contributed by atoms with van der Waals surface area (Å²) in [5.74, 6) is -2.46. The van der Waals surface area contributed by atoms with Crippen molar-refractivity contribution < 1.29 is 27.5 Å². The molecule has 0 spiro atoms. The minimum atomic E-state index is -3.52. The van der Waals surface area contributed by atoms with Crippen molar-refractivity contribution in [2.45, 2.75) is 17.7 Å². The van der Waals surface area contributed by atoms with Crippen LogP contribution in [0.15, 0.2) is 46.7 Å². The second kappa shape index (κ2) is 8.33. The highest BCUT2D eigenvalue weighted by atomic mass is 32.2. The molecule has 1 aromatic carbocycles. The Kier molecular flexibility index (Phi) is 6.78. The van der Waals surface area contributed by atoms with E-state index < -0.39 is 27.7 Å². The van der Waals surface area contributed by atoms with Crippen LogP contribution in [0.5, 0.6) is 0 Å². The molecule has 120 valence electrons. The Hall–Kier alpha value is -2.15. The lowest BCUT2D eigenvalue weighted by molar-refractivity contribution is -0.159. The van der Waals surface area contributed by atoms with Crippen molar-refractivity contribution in [3.05, 3.63) is 41.8 Å². The molecule has 1 rings (SSSR count). The van der Waals surface area contributed by atoms with E-state index in [1.807, 2.05) is 0 Å². The summed E-state index contributed by atoms with van der Waals surface area (Å²) in [4.78, 5) is 23.1. The number of allylic oxidation sites excluding steroid dienone is 1. The Morgan fingerprint density at radius 2 is 1.64 bits per heavy atom. The lowest BCUT2D eigenvalue weighted by Gasteiger charge is -2.10. The van der Waals surface area contributed by atoms with E-state index in [-0.39, 0.29) is 17.7 Å². The fourth-order valence-electron chi connectivity index (χ4n) is 1.76. The van der Waals surface area contributed by atoms with Gasteiger partial charge in [0, 0.05) is 5.41 Å². The molecule has 0 bridgehead atoms. The first-order chi connectivity index (χ1) is 10.4. The number of ether oxygens (including phenoxy) is 2. The highest BCUT2D eigenvalue weighted by Crippen LogP contribution is 2.14. The number of rotatable bonds is 7. The standard InChI is InChI=1S/C15H18O6S/c1-20-14(16)13(15(17)21-2)10-6-7-11-22(18,19)12-8-4-3-5-9-12/h3-5,7-9,11,13H,6,10H2,1-2H3/b11-7+. The van der Waals surface area contributed by atoms with Crippen molar-refractivity contribution in [2.75, 3.05) is 14.2 Å². The number of hydrogen-bond donors (Lipinski definition) is 0. The van der Waals surface area contributed by atoms with Crippen molar-refractivity contribution in [1.29, 1.82) is 0 Å². The zero-order valence-corrected chi connectivity index (χ0v) is 13.2. The van der Waals surface area contributed by atoms with Crippen LogP contribution in [0.2, 0.25) is 0 Å². The summed E-state index contributed by atoms with van der Waals surface area (Å²) in [5.41, 5.74) is 0. The molecule has 0 radical (unpaired) electrons. The summed E-state index contributed by atoms with van der Waals surface area (Å²) in [6.07, 6.45) is 1.74. The molecule has 0 aliphatic carbocycles. The van der Waals surface area contributed by atoms with Crippen molar-refractivity contribution in [3.63, 3.8) is 0 Å². The second-order valence-corrected chi connectivity index (χ2v) is 6.24. The van der Waals surface area contributed by atoms with Crippen LogP contribution >= 0.6 is 0 Å². The van der Waals surface area contributed by atoms with Gasteiger partial charge >= 0.3 is 11.9 Å². The van der Waals surface area contributed by atoms with Crippen LogP contribution < -0.4 is 0 Å². The van der Waals surface area contributed by atoms with Gasteiger partial charge in [0.05, 0.1) is 19.1 Å². The average molecular weight is 326 g/mol. The summed E-state index contributed by atoms with van der Waals surface area (Å²) < 4.78 is 33.0. The number of sulfone groups is 1. The van der Waals surface area contributed by atoms with E-state index in [1.54, 1.807) is 18.2 Å². The van der Waals surface area contributed by atoms with Gasteiger partial charge in [-0.25, -0.2) is 8.42 Å². The summed E-state index contributed by atoms with van der Waals surface area (Å²) in [6.45, 7) is 0. The van der Waals surface area contributed by atoms with Gasteiger partial charge in [-0.1, -0.05) is 24.3 Å². The lowest BCUT2D eigenvalue weighted by atomic mass is 10.0. The fraction of sp³-hybridized carbons (Fsp3) is 0.333. The highest BCUT2D eigenvalue weighted by Gasteiger charge is 2.27. The van der Waals surface area contributed by atoms with Crippen LogP contribution in [0.25, 0.3) is 0 Å². The van der Waals surface area contributed by atoms with Gasteiger partial charge < -0.3 is 9.47 Å². The minimum absolute atomic E-state index is 0.111. The predicted molar refractivity (Wildman–Crippen MR) is 79.5 cm³/mol. The molecule has 7 heteroatoms. The van der Waals surface area contributed by atoms with Crippen LogP contribution in [-0.2, 0) is 28.9 Å². The number of methoxy groups -OCH3 is 2. The fourth-order valence-corrected chi connectivity index (χ4v) is 2.85. The van der Waals surface area contributed by atoms with E-state index in [9.17, 15) is 18.0 Å². The molecule has 0 N–H and O–H groups in total. The SMILES string of the molecule is COC(=O)C(CC/C=C/S(=O)(=O)c1ccccc1)C(=O)OC. The first-order valence-electron chi connectivity index (χ1n) is 6.54. The molecular formula is C15H18O6S. The average Bonchev–Trinajstić information content (AvgIpc) is 2.54. The normalized spacial score (nSPS) is 11.6. The van der Waals surface area contributed by atoms with Gasteiger partial charge in [-0.3, -0.25) is 9.59 Å². The summed E-state index contributed by atoms with van der Waals surface area (Å²) in [7, 11) is -1.17. The lowest BCUT2D eigenvalue weighted by Crippen LogP contribution is -2.26. The molecule has 6 nitrogen and oxygen atoms in total. The van der Waals surface area contributed by atoms with Gasteiger partial charge in [0.25, 0.3) is 0 Å². The molecule has 0 saturated carbocycles. The van der Waals surface area contributed by atoms with Crippen LogP contribution in [0.4, 0.5) is 0 Å². The monoisotopic (exact) mass is 326 g/mol. The van der Waals surface area contributed by atoms with Gasteiger partial charge in [0.1, 0.15) is 0 Å². The topological polar surface area (TPSA) is 86.7 Å². The van der Waals surface area contributed by atoms with Crippen molar-refractivity contribution >= 4 is 21.8 Å². The number of esters is 2. The van der Waals surface area contributed by atoms with Crippen LogP contribution in [0, 0.1) is 5.92 Å². The molecule has 22 heavy (non-hydrogen) atoms. The molecule has 0 amide bonds. The van der Waals surface area contributed by atoms with Crippen molar-refractivity contribution in [1.82, 2.24) is 0 Å². The van der Waals surface area contributed by atoms with E-state index in [0.29, 0.717) is 0 Å². The van der Waals surface area contributed by atoms with Gasteiger partial charge in [-0.15, -0.1) is 0 Å². The third-order valence-corrected chi connectivity index (χ3v) is 4.42. The van der Waals surface area contributed by atoms with E-state index in [1.165, 1.54) is 32.4 Å². The Balaban J connectivity index is 2.69. The number of benzene rings is 1. The third-order valence-electron chi connectivity index (χ3n) is 2.94. The number of hydrogen-bond acceptors (Lipinski definition) is 6. The maximum atomic E-state index is 12.0. The van der Waals surface area contributed by atoms with Crippen molar-refractivity contribution in [3.8, 4) is 0 Å². The molecule has 0 aliphatic rings. The Bertz CT molecular complexity index is 617. The van der Waals surface area contributed by atoms with Gasteiger partial charge in [-0.05, 0) is 25.0 Å². The van der Waals surface area contributed by atoms with Crippen LogP contribution in [0.3, 0.4) is 0 Å². The Morgan fingerprint density at radius 3 is 2.14 bits per heavy atom. The first kappa shape index (κ1) is 17.9. The smallest absolute Gasteiger partial charge is 0.320 e. The quantitative estimate of drug-likeness (QED) is 0.560. The van der Waals surface area contributed by atoms with Crippen molar-refractivity contribution in [2.24, 2.45) is 5.92 Å². The Morgan fingerprint density at radius 1 is 1.09 bits per heavy atom. The van der Waals surface area contributed by atoms with Gasteiger partial charge in [-0.2, -0.15) is 0 Å². The third kappa shape index (κ3) is 5.00. The van der Waals surface area contributed by atoms with Crippen LogP contribution in [-0.4, -0.2) is 34.6 Å². The predicted octanol–water partition coefficient (Wildman–Crippen LogP) is 1.72. The molecule has 0 unspecified atom stereocenters. The second-order valence-electron chi connectivity index (χ2n) is 4.41. The van der Waals surface area contributed by atoms with Gasteiger partial charge in [0.15, 0.2) is 15.8 Å². The van der Waals surface area contributed by atoms with E-state index in [2.05, 4.69) is 9.47 Å². The summed E-state index contributed by atoms with van der Waals surface area (Å²) in [5, 5.41) is 1.06. The minimum Gasteiger partial charge on any atom is -0.468 e. The number of carbonyl (C=O) groups excluding carboxylic acids is 2. The molecule has 0 heterocycles. The largest absolute Gasteiger partial charge is 0.468 e. The molecule has 0 aromatic heterocycles. The van der Waals surface area contributed by atoms with E-state index >= 15 is 0 Å². The maximum absolute atomic E-state index is 12.0. The zero-order valence-electron chi connectivity index (χ0n) is 12.4. The van der Waals surface area contributed by atoms with E-state index in [4.69, 9.17) is 0 Å². The van der Waals surface area contributed by atoms with Gasteiger partial charge in [0.2, 0.25) is 0 Å². The molecular weight excluding hydrogens is 308 g/mol. The molecule has 0 saturated heterocycles. The summed E-state index contributed by atoms with van der Waals surface area (Å²) >= 11 is 0. The maximum Gasteiger partial charge on any atom is 0.320 e. The Labute approximate surface area is 129 Å². The van der Waals surface area contributed by atoms with E-state index in [0.717, 1.165) is 5.41 Å². The highest BCUT2D eigenvalue weighted by molar-refractivity contribution is 7.94.